The van der Waals surface area contributed by atoms with Crippen LogP contribution in [-0.2, 0) is 16.1 Å². The van der Waals surface area contributed by atoms with Crippen molar-refractivity contribution in [3.8, 4) is 16.3 Å². The van der Waals surface area contributed by atoms with Crippen molar-refractivity contribution < 1.29 is 14.3 Å². The molecule has 1 aliphatic rings. The Labute approximate surface area is 139 Å². The zero-order chi connectivity index (χ0) is 16.1. The van der Waals surface area contributed by atoms with E-state index in [0.717, 1.165) is 40.5 Å². The van der Waals surface area contributed by atoms with Gasteiger partial charge in [0, 0.05) is 23.2 Å². The highest BCUT2D eigenvalue weighted by Crippen LogP contribution is 2.27. The largest absolute Gasteiger partial charge is 0.497 e. The topological polar surface area (TPSA) is 60.5 Å². The summed E-state index contributed by atoms with van der Waals surface area (Å²) in [6, 6.07) is 7.80. The summed E-state index contributed by atoms with van der Waals surface area (Å²) >= 11 is 1.57. The van der Waals surface area contributed by atoms with E-state index in [1.54, 1.807) is 18.4 Å². The first-order chi connectivity index (χ1) is 11.3. The third-order valence-corrected chi connectivity index (χ3v) is 4.83. The molecule has 2 aromatic rings. The van der Waals surface area contributed by atoms with Crippen molar-refractivity contribution in [2.24, 2.45) is 0 Å². The van der Waals surface area contributed by atoms with Gasteiger partial charge in [0.1, 0.15) is 16.9 Å². The maximum atomic E-state index is 12.1. The lowest BCUT2D eigenvalue weighted by Gasteiger charge is -2.21. The predicted octanol–water partition coefficient (Wildman–Crippen LogP) is 3.00. The van der Waals surface area contributed by atoms with Gasteiger partial charge >= 0.3 is 0 Å². The zero-order valence-electron chi connectivity index (χ0n) is 13.1. The summed E-state index contributed by atoms with van der Waals surface area (Å²) < 4.78 is 10.7. The molecule has 6 heteroatoms. The van der Waals surface area contributed by atoms with Crippen LogP contribution in [0.25, 0.3) is 10.6 Å². The second-order valence-electron chi connectivity index (χ2n) is 5.44. The van der Waals surface area contributed by atoms with Crippen molar-refractivity contribution in [1.82, 2.24) is 10.3 Å². The molecule has 5 nitrogen and oxygen atoms in total. The number of benzene rings is 1. The van der Waals surface area contributed by atoms with Gasteiger partial charge in [0.25, 0.3) is 0 Å². The van der Waals surface area contributed by atoms with E-state index in [1.807, 2.05) is 30.5 Å². The van der Waals surface area contributed by atoms with Crippen molar-refractivity contribution in [3.05, 3.63) is 35.3 Å². The second-order valence-corrected chi connectivity index (χ2v) is 6.55. The number of nitrogens with one attached hydrogen (secondary N) is 1. The monoisotopic (exact) mass is 332 g/mol. The number of thiazole rings is 1. The third-order valence-electron chi connectivity index (χ3n) is 3.78. The average Bonchev–Trinajstić information content (AvgIpc) is 3.09. The quantitative estimate of drug-likeness (QED) is 0.914. The first-order valence-electron chi connectivity index (χ1n) is 7.75. The Morgan fingerprint density at radius 3 is 3.17 bits per heavy atom. The van der Waals surface area contributed by atoms with Crippen LogP contribution in [0, 0.1) is 0 Å². The number of carbonyl (C=O) groups is 1. The minimum absolute atomic E-state index is 0.0268. The Morgan fingerprint density at radius 1 is 1.48 bits per heavy atom. The van der Waals surface area contributed by atoms with Crippen LogP contribution in [0.15, 0.2) is 30.5 Å². The van der Waals surface area contributed by atoms with Gasteiger partial charge in [-0.15, -0.1) is 11.3 Å². The lowest BCUT2D eigenvalue weighted by atomic mass is 10.1. The van der Waals surface area contributed by atoms with Crippen molar-refractivity contribution in [3.63, 3.8) is 0 Å². The Bertz CT molecular complexity index is 665. The lowest BCUT2D eigenvalue weighted by molar-refractivity contribution is -0.135. The molecule has 0 spiro atoms. The summed E-state index contributed by atoms with van der Waals surface area (Å²) in [6.07, 6.45) is 4.42. The number of aromatic nitrogens is 1. The molecule has 23 heavy (non-hydrogen) atoms. The summed E-state index contributed by atoms with van der Waals surface area (Å²) in [5.74, 6) is 0.781. The summed E-state index contributed by atoms with van der Waals surface area (Å²) in [4.78, 5) is 17.5. The SMILES string of the molecule is COc1cccc(-c2ncc(CNC(=O)[C@@H]3CCCCO3)s2)c1. The van der Waals surface area contributed by atoms with Crippen LogP contribution in [0.1, 0.15) is 24.1 Å². The van der Waals surface area contributed by atoms with Crippen LogP contribution in [0.5, 0.6) is 5.75 Å². The van der Waals surface area contributed by atoms with E-state index in [0.29, 0.717) is 13.2 Å². The highest BCUT2D eigenvalue weighted by Gasteiger charge is 2.21. The number of amides is 1. The standard InChI is InChI=1S/C17H20N2O3S/c1-21-13-6-4-5-12(9-13)17-19-11-14(23-17)10-18-16(20)15-7-2-3-8-22-15/h4-6,9,11,15H,2-3,7-8,10H2,1H3,(H,18,20)/t15-/m0/s1. The highest BCUT2D eigenvalue weighted by atomic mass is 32.1. The molecule has 122 valence electrons. The molecule has 0 unspecified atom stereocenters. The molecule has 0 radical (unpaired) electrons. The van der Waals surface area contributed by atoms with Gasteiger partial charge in [-0.25, -0.2) is 4.98 Å². The molecule has 0 bridgehead atoms. The fraction of sp³-hybridized carbons (Fsp3) is 0.412. The minimum atomic E-state index is -0.297. The first-order valence-corrected chi connectivity index (χ1v) is 8.56. The minimum Gasteiger partial charge on any atom is -0.497 e. The Morgan fingerprint density at radius 2 is 2.39 bits per heavy atom. The number of hydrogen-bond acceptors (Lipinski definition) is 5. The normalized spacial score (nSPS) is 17.7. The van der Waals surface area contributed by atoms with E-state index in [-0.39, 0.29) is 12.0 Å². The van der Waals surface area contributed by atoms with E-state index >= 15 is 0 Å². The molecule has 1 aromatic carbocycles. The van der Waals surface area contributed by atoms with Crippen molar-refractivity contribution in [2.75, 3.05) is 13.7 Å². The average molecular weight is 332 g/mol. The van der Waals surface area contributed by atoms with E-state index in [9.17, 15) is 4.79 Å². The zero-order valence-corrected chi connectivity index (χ0v) is 13.9. The van der Waals surface area contributed by atoms with E-state index in [2.05, 4.69) is 10.3 Å². The molecule has 0 aliphatic carbocycles. The molecule has 2 heterocycles. The van der Waals surface area contributed by atoms with Gasteiger partial charge in [-0.2, -0.15) is 0 Å². The molecular weight excluding hydrogens is 312 g/mol. The number of carbonyl (C=O) groups excluding carboxylic acids is 1. The number of ether oxygens (including phenoxy) is 2. The molecule has 0 saturated carbocycles. The molecular formula is C17H20N2O3S. The second kappa shape index (κ2) is 7.57. The number of methoxy groups -OCH3 is 1. The first kappa shape index (κ1) is 16.0. The van der Waals surface area contributed by atoms with Gasteiger partial charge in [-0.1, -0.05) is 12.1 Å². The van der Waals surface area contributed by atoms with Gasteiger partial charge in [-0.3, -0.25) is 4.79 Å². The summed E-state index contributed by atoms with van der Waals surface area (Å²) in [5, 5.41) is 3.86. The molecule has 3 rings (SSSR count). The van der Waals surface area contributed by atoms with Gasteiger partial charge in [0.2, 0.25) is 5.91 Å². The Kier molecular flexibility index (Phi) is 5.25. The molecule has 1 amide bonds. The smallest absolute Gasteiger partial charge is 0.249 e. The molecule has 1 aromatic heterocycles. The van der Waals surface area contributed by atoms with Crippen LogP contribution in [0.3, 0.4) is 0 Å². The maximum Gasteiger partial charge on any atom is 0.249 e. The summed E-state index contributed by atoms with van der Waals surface area (Å²) in [6.45, 7) is 1.17. The third kappa shape index (κ3) is 4.09. The number of nitrogens with zero attached hydrogens (tertiary/aromatic N) is 1. The molecule has 1 saturated heterocycles. The fourth-order valence-corrected chi connectivity index (χ4v) is 3.36. The molecule has 1 atom stereocenters. The van der Waals surface area contributed by atoms with Gasteiger partial charge in [-0.05, 0) is 31.4 Å². The van der Waals surface area contributed by atoms with Gasteiger partial charge < -0.3 is 14.8 Å². The van der Waals surface area contributed by atoms with Crippen molar-refractivity contribution in [2.45, 2.75) is 31.9 Å². The van der Waals surface area contributed by atoms with E-state index in [4.69, 9.17) is 9.47 Å². The highest BCUT2D eigenvalue weighted by molar-refractivity contribution is 7.15. The predicted molar refractivity (Wildman–Crippen MR) is 89.5 cm³/mol. The van der Waals surface area contributed by atoms with Crippen LogP contribution < -0.4 is 10.1 Å². The lowest BCUT2D eigenvalue weighted by Crippen LogP contribution is -2.37. The maximum absolute atomic E-state index is 12.1. The van der Waals surface area contributed by atoms with E-state index < -0.39 is 0 Å². The van der Waals surface area contributed by atoms with Crippen LogP contribution in [0.2, 0.25) is 0 Å². The number of rotatable bonds is 5. The van der Waals surface area contributed by atoms with Crippen molar-refractivity contribution >= 4 is 17.2 Å². The van der Waals surface area contributed by atoms with Gasteiger partial charge in [0.15, 0.2) is 0 Å². The Hall–Kier alpha value is -1.92. The van der Waals surface area contributed by atoms with Gasteiger partial charge in [0.05, 0.1) is 13.7 Å². The summed E-state index contributed by atoms with van der Waals surface area (Å²) in [5.41, 5.74) is 1.02. The molecule has 1 aliphatic heterocycles. The van der Waals surface area contributed by atoms with Crippen LogP contribution >= 0.6 is 11.3 Å². The fourth-order valence-electron chi connectivity index (χ4n) is 2.51. The van der Waals surface area contributed by atoms with Crippen LogP contribution in [-0.4, -0.2) is 30.7 Å². The van der Waals surface area contributed by atoms with Crippen LogP contribution in [0.4, 0.5) is 0 Å². The molecule has 1 N–H and O–H groups in total. The van der Waals surface area contributed by atoms with E-state index in [1.165, 1.54) is 0 Å². The van der Waals surface area contributed by atoms with Crippen molar-refractivity contribution in [1.29, 1.82) is 0 Å². The Balaban J connectivity index is 1.59. The number of hydrogen-bond donors (Lipinski definition) is 1. The molecule has 1 fully saturated rings. The summed E-state index contributed by atoms with van der Waals surface area (Å²) in [7, 11) is 1.65.